The first-order chi connectivity index (χ1) is 11.5. The van der Waals surface area contributed by atoms with Gasteiger partial charge in [-0.2, -0.15) is 0 Å². The van der Waals surface area contributed by atoms with Gasteiger partial charge in [-0.3, -0.25) is 9.59 Å². The van der Waals surface area contributed by atoms with Crippen molar-refractivity contribution >= 4 is 23.6 Å². The predicted molar refractivity (Wildman–Crippen MR) is 94.8 cm³/mol. The topological polar surface area (TPSA) is 81.4 Å². The van der Waals surface area contributed by atoms with Crippen LogP contribution in [0, 0.1) is 0 Å². The van der Waals surface area contributed by atoms with Crippen LogP contribution in [0.25, 0.3) is 6.08 Å². The Morgan fingerprint density at radius 3 is 2.58 bits per heavy atom. The van der Waals surface area contributed by atoms with Gasteiger partial charge in [-0.15, -0.1) is 0 Å². The second-order valence-corrected chi connectivity index (χ2v) is 5.47. The largest absolute Gasteiger partial charge is 0.491 e. The molecule has 3 N–H and O–H groups in total. The molecule has 5 heteroatoms. The van der Waals surface area contributed by atoms with Gasteiger partial charge in [-0.25, -0.2) is 0 Å². The highest BCUT2D eigenvalue weighted by Crippen LogP contribution is 2.17. The summed E-state index contributed by atoms with van der Waals surface area (Å²) < 4.78 is 5.61. The third-order valence-electron chi connectivity index (χ3n) is 3.11. The molecule has 0 saturated heterocycles. The van der Waals surface area contributed by atoms with Gasteiger partial charge in [0.1, 0.15) is 5.75 Å². The van der Waals surface area contributed by atoms with E-state index in [1.165, 1.54) is 6.08 Å². The van der Waals surface area contributed by atoms with Gasteiger partial charge in [-0.1, -0.05) is 24.3 Å². The summed E-state index contributed by atoms with van der Waals surface area (Å²) in [5.41, 5.74) is 6.78. The molecule has 0 aliphatic heterocycles. The predicted octanol–water partition coefficient (Wildman–Crippen LogP) is 3.22. The molecule has 2 aromatic carbocycles. The van der Waals surface area contributed by atoms with E-state index in [1.807, 2.05) is 38.1 Å². The number of primary amides is 1. The molecule has 0 aliphatic carbocycles. The molecule has 2 amide bonds. The summed E-state index contributed by atoms with van der Waals surface area (Å²) in [5.74, 6) is -0.195. The van der Waals surface area contributed by atoms with Gasteiger partial charge < -0.3 is 15.8 Å². The number of rotatable bonds is 6. The fourth-order valence-electron chi connectivity index (χ4n) is 2.12. The van der Waals surface area contributed by atoms with E-state index in [0.717, 1.165) is 11.3 Å². The first kappa shape index (κ1) is 17.3. The number of benzene rings is 2. The van der Waals surface area contributed by atoms with Crippen LogP contribution in [0.1, 0.15) is 29.8 Å². The Morgan fingerprint density at radius 2 is 1.88 bits per heavy atom. The van der Waals surface area contributed by atoms with Gasteiger partial charge >= 0.3 is 0 Å². The van der Waals surface area contributed by atoms with Gasteiger partial charge in [0.25, 0.3) is 5.91 Å². The molecule has 0 heterocycles. The first-order valence-corrected chi connectivity index (χ1v) is 7.60. The van der Waals surface area contributed by atoms with Crippen LogP contribution in [-0.2, 0) is 4.79 Å². The van der Waals surface area contributed by atoms with Crippen LogP contribution in [0.15, 0.2) is 54.6 Å². The molecule has 0 unspecified atom stereocenters. The second kappa shape index (κ2) is 7.97. The highest BCUT2D eigenvalue weighted by atomic mass is 16.5. The zero-order valence-corrected chi connectivity index (χ0v) is 13.7. The van der Waals surface area contributed by atoms with Crippen LogP contribution in [0.4, 0.5) is 5.69 Å². The van der Waals surface area contributed by atoms with E-state index in [1.54, 1.807) is 30.3 Å². The highest BCUT2D eigenvalue weighted by Gasteiger charge is 2.08. The summed E-state index contributed by atoms with van der Waals surface area (Å²) in [4.78, 5) is 23.4. The Kier molecular flexibility index (Phi) is 5.73. The molecule has 0 aromatic heterocycles. The Morgan fingerprint density at radius 1 is 1.12 bits per heavy atom. The number of amides is 2. The third kappa shape index (κ3) is 4.98. The molecular formula is C19H20N2O3. The number of nitrogens with one attached hydrogen (secondary N) is 1. The summed E-state index contributed by atoms with van der Waals surface area (Å²) >= 11 is 0. The minimum absolute atomic E-state index is 0.0813. The number of nitrogens with two attached hydrogens (primary N) is 1. The maximum absolute atomic E-state index is 12.0. The van der Waals surface area contributed by atoms with Crippen molar-refractivity contribution in [2.75, 3.05) is 5.32 Å². The van der Waals surface area contributed by atoms with Crippen molar-refractivity contribution < 1.29 is 14.3 Å². The zero-order valence-electron chi connectivity index (χ0n) is 13.7. The minimum atomic E-state index is -0.589. The van der Waals surface area contributed by atoms with Crippen molar-refractivity contribution in [2.24, 2.45) is 5.73 Å². The molecule has 2 aromatic rings. The lowest BCUT2D eigenvalue weighted by atomic mass is 10.1. The Hall–Kier alpha value is -3.08. The smallest absolute Gasteiger partial charge is 0.250 e. The van der Waals surface area contributed by atoms with E-state index in [4.69, 9.17) is 10.5 Å². The Bertz CT molecular complexity index is 767. The summed E-state index contributed by atoms with van der Waals surface area (Å²) in [7, 11) is 0. The van der Waals surface area contributed by atoms with Crippen molar-refractivity contribution in [1.82, 2.24) is 0 Å². The highest BCUT2D eigenvalue weighted by molar-refractivity contribution is 6.07. The minimum Gasteiger partial charge on any atom is -0.491 e. The molecule has 0 spiro atoms. The zero-order chi connectivity index (χ0) is 17.5. The standard InChI is InChI=1S/C19H20N2O3/c1-13(2)24-15-7-5-6-14(12-15)10-11-18(22)21-17-9-4-3-8-16(17)19(20)23/h3-13H,1-2H3,(H2,20,23)(H,21,22)/b11-10+. The fourth-order valence-corrected chi connectivity index (χ4v) is 2.12. The van der Waals surface area contributed by atoms with Crippen LogP contribution < -0.4 is 15.8 Å². The van der Waals surface area contributed by atoms with Crippen LogP contribution >= 0.6 is 0 Å². The molecule has 0 radical (unpaired) electrons. The van der Waals surface area contributed by atoms with E-state index in [-0.39, 0.29) is 17.6 Å². The number of para-hydroxylation sites is 1. The molecular weight excluding hydrogens is 304 g/mol. The first-order valence-electron chi connectivity index (χ1n) is 7.60. The maximum atomic E-state index is 12.0. The molecule has 0 fully saturated rings. The molecule has 0 saturated carbocycles. The lowest BCUT2D eigenvalue weighted by Crippen LogP contribution is -2.16. The Balaban J connectivity index is 2.07. The maximum Gasteiger partial charge on any atom is 0.250 e. The lowest BCUT2D eigenvalue weighted by molar-refractivity contribution is -0.111. The lowest BCUT2D eigenvalue weighted by Gasteiger charge is -2.09. The summed E-state index contributed by atoms with van der Waals surface area (Å²) in [5, 5.41) is 2.65. The van der Waals surface area contributed by atoms with Crippen LogP contribution in [0.5, 0.6) is 5.75 Å². The summed E-state index contributed by atoms with van der Waals surface area (Å²) in [6, 6.07) is 14.0. The molecule has 5 nitrogen and oxygen atoms in total. The number of anilines is 1. The number of hydrogen-bond acceptors (Lipinski definition) is 3. The van der Waals surface area contributed by atoms with Crippen molar-refractivity contribution in [3.8, 4) is 5.75 Å². The van der Waals surface area contributed by atoms with Crippen LogP contribution in [-0.4, -0.2) is 17.9 Å². The number of carbonyl (C=O) groups excluding carboxylic acids is 2. The number of ether oxygens (including phenoxy) is 1. The van der Waals surface area contributed by atoms with Gasteiger partial charge in [0, 0.05) is 6.08 Å². The third-order valence-corrected chi connectivity index (χ3v) is 3.11. The van der Waals surface area contributed by atoms with E-state index in [0.29, 0.717) is 5.69 Å². The average molecular weight is 324 g/mol. The van der Waals surface area contributed by atoms with Gasteiger partial charge in [0.05, 0.1) is 17.4 Å². The SMILES string of the molecule is CC(C)Oc1cccc(/C=C/C(=O)Nc2ccccc2C(N)=O)c1. The monoisotopic (exact) mass is 324 g/mol. The van der Waals surface area contributed by atoms with Crippen molar-refractivity contribution in [2.45, 2.75) is 20.0 Å². The van der Waals surface area contributed by atoms with Gasteiger partial charge in [0.15, 0.2) is 0 Å². The molecule has 0 aliphatic rings. The summed E-state index contributed by atoms with van der Waals surface area (Å²) in [6.07, 6.45) is 3.15. The van der Waals surface area contributed by atoms with Gasteiger partial charge in [0.2, 0.25) is 5.91 Å². The van der Waals surface area contributed by atoms with E-state index in [2.05, 4.69) is 5.32 Å². The van der Waals surface area contributed by atoms with Crippen LogP contribution in [0.3, 0.4) is 0 Å². The summed E-state index contributed by atoms with van der Waals surface area (Å²) in [6.45, 7) is 3.90. The molecule has 0 bridgehead atoms. The molecule has 2 rings (SSSR count). The molecule has 24 heavy (non-hydrogen) atoms. The van der Waals surface area contributed by atoms with Crippen molar-refractivity contribution in [3.05, 3.63) is 65.7 Å². The normalized spacial score (nSPS) is 10.8. The number of hydrogen-bond donors (Lipinski definition) is 2. The quantitative estimate of drug-likeness (QED) is 0.800. The fraction of sp³-hybridized carbons (Fsp3) is 0.158. The van der Waals surface area contributed by atoms with Crippen molar-refractivity contribution in [1.29, 1.82) is 0 Å². The van der Waals surface area contributed by atoms with E-state index in [9.17, 15) is 9.59 Å². The van der Waals surface area contributed by atoms with E-state index < -0.39 is 5.91 Å². The van der Waals surface area contributed by atoms with Crippen LogP contribution in [0.2, 0.25) is 0 Å². The van der Waals surface area contributed by atoms with E-state index >= 15 is 0 Å². The molecule has 0 atom stereocenters. The average Bonchev–Trinajstić information content (AvgIpc) is 2.53. The van der Waals surface area contributed by atoms with Gasteiger partial charge in [-0.05, 0) is 49.8 Å². The second-order valence-electron chi connectivity index (χ2n) is 5.47. The Labute approximate surface area is 141 Å². The number of carbonyl (C=O) groups is 2. The van der Waals surface area contributed by atoms with Crippen molar-refractivity contribution in [3.63, 3.8) is 0 Å². The molecule has 124 valence electrons.